The normalized spacial score (nSPS) is 25.4. The molecule has 0 aromatic carbocycles. The van der Waals surface area contributed by atoms with Gasteiger partial charge < -0.3 is 9.84 Å². The van der Waals surface area contributed by atoms with Crippen LogP contribution in [0.4, 0.5) is 0 Å². The Morgan fingerprint density at radius 2 is 1.81 bits per heavy atom. The van der Waals surface area contributed by atoms with Gasteiger partial charge in [-0.15, -0.1) is 0 Å². The minimum absolute atomic E-state index is 0.288. The van der Waals surface area contributed by atoms with Gasteiger partial charge in [0.2, 0.25) is 0 Å². The van der Waals surface area contributed by atoms with Crippen molar-refractivity contribution in [2.24, 2.45) is 17.8 Å². The van der Waals surface area contributed by atoms with Crippen LogP contribution in [-0.4, -0.2) is 23.7 Å². The first-order chi connectivity index (χ1) is 7.52. The molecular weight excluding hydrogens is 208 g/mol. The number of esters is 1. The third-order valence-electron chi connectivity index (χ3n) is 2.94. The average Bonchev–Trinajstić information content (AvgIpc) is 2.25. The molecule has 92 valence electrons. The minimum atomic E-state index is -0.869. The van der Waals surface area contributed by atoms with Crippen LogP contribution < -0.4 is 0 Å². The quantitative estimate of drug-likeness (QED) is 0.748. The molecule has 2 atom stereocenters. The Labute approximate surface area is 96.0 Å². The van der Waals surface area contributed by atoms with E-state index in [9.17, 15) is 9.59 Å². The first-order valence-electron chi connectivity index (χ1n) is 5.91. The number of ether oxygens (including phenoxy) is 1. The summed E-state index contributed by atoms with van der Waals surface area (Å²) < 4.78 is 5.12. The van der Waals surface area contributed by atoms with Crippen molar-refractivity contribution in [1.82, 2.24) is 0 Å². The van der Waals surface area contributed by atoms with Gasteiger partial charge in [-0.1, -0.05) is 26.7 Å². The maximum absolute atomic E-state index is 11.7. The number of carbonyl (C=O) groups excluding carboxylic acids is 1. The van der Waals surface area contributed by atoms with Crippen LogP contribution in [-0.2, 0) is 14.3 Å². The Morgan fingerprint density at radius 1 is 1.25 bits per heavy atom. The van der Waals surface area contributed by atoms with Crippen molar-refractivity contribution in [2.45, 2.75) is 39.5 Å². The second-order valence-corrected chi connectivity index (χ2v) is 4.86. The van der Waals surface area contributed by atoms with E-state index in [-0.39, 0.29) is 11.9 Å². The number of aliphatic carboxylic acids is 1. The molecule has 4 heteroatoms. The lowest BCUT2D eigenvalue weighted by Crippen LogP contribution is -2.34. The molecule has 1 N–H and O–H groups in total. The fraction of sp³-hybridized carbons (Fsp3) is 0.833. The molecular formula is C12H20O4. The molecule has 0 aliphatic heterocycles. The van der Waals surface area contributed by atoms with Crippen LogP contribution in [0, 0.1) is 17.8 Å². The van der Waals surface area contributed by atoms with Crippen LogP contribution in [0.2, 0.25) is 0 Å². The zero-order valence-electron chi connectivity index (χ0n) is 9.94. The predicted octanol–water partition coefficient (Wildman–Crippen LogP) is 2.08. The molecule has 1 aliphatic carbocycles. The Kier molecular flexibility index (Phi) is 4.77. The van der Waals surface area contributed by atoms with Gasteiger partial charge in [0.1, 0.15) is 0 Å². The van der Waals surface area contributed by atoms with Crippen molar-refractivity contribution in [3.63, 3.8) is 0 Å². The highest BCUT2D eigenvalue weighted by molar-refractivity contribution is 5.81. The fourth-order valence-corrected chi connectivity index (χ4v) is 2.06. The topological polar surface area (TPSA) is 63.6 Å². The summed E-state index contributed by atoms with van der Waals surface area (Å²) in [7, 11) is 0. The van der Waals surface area contributed by atoms with E-state index in [1.165, 1.54) is 0 Å². The molecule has 0 saturated heterocycles. The van der Waals surface area contributed by atoms with Crippen LogP contribution in [0.3, 0.4) is 0 Å². The minimum Gasteiger partial charge on any atom is -0.481 e. The molecule has 0 aromatic rings. The number of rotatable bonds is 4. The predicted molar refractivity (Wildman–Crippen MR) is 58.9 cm³/mol. The summed E-state index contributed by atoms with van der Waals surface area (Å²) in [6.45, 7) is 4.30. The fourth-order valence-electron chi connectivity index (χ4n) is 2.06. The molecule has 0 heterocycles. The lowest BCUT2D eigenvalue weighted by atomic mass is 9.79. The molecule has 1 fully saturated rings. The molecule has 0 aromatic heterocycles. The van der Waals surface area contributed by atoms with Crippen molar-refractivity contribution in [3.05, 3.63) is 0 Å². The van der Waals surface area contributed by atoms with Crippen molar-refractivity contribution < 1.29 is 19.4 Å². The lowest BCUT2D eigenvalue weighted by Gasteiger charge is -2.26. The SMILES string of the molecule is CC(C)COC(=O)[C@@H]1CCCC[C@@H]1C(=O)O. The van der Waals surface area contributed by atoms with Gasteiger partial charge in [-0.05, 0) is 18.8 Å². The van der Waals surface area contributed by atoms with E-state index in [1.807, 2.05) is 13.8 Å². The molecule has 1 saturated carbocycles. The average molecular weight is 228 g/mol. The van der Waals surface area contributed by atoms with Crippen molar-refractivity contribution in [3.8, 4) is 0 Å². The van der Waals surface area contributed by atoms with Crippen molar-refractivity contribution in [2.75, 3.05) is 6.61 Å². The Balaban J connectivity index is 2.54. The van der Waals surface area contributed by atoms with Gasteiger partial charge >= 0.3 is 11.9 Å². The Morgan fingerprint density at radius 3 is 2.31 bits per heavy atom. The summed E-state index contributed by atoms with van der Waals surface area (Å²) in [4.78, 5) is 22.7. The number of hydrogen-bond acceptors (Lipinski definition) is 3. The first kappa shape index (κ1) is 13.0. The molecule has 4 nitrogen and oxygen atoms in total. The summed E-state index contributed by atoms with van der Waals surface area (Å²) in [5.74, 6) is -1.90. The third-order valence-corrected chi connectivity index (χ3v) is 2.94. The maximum atomic E-state index is 11.7. The molecule has 1 rings (SSSR count). The van der Waals surface area contributed by atoms with Crippen LogP contribution >= 0.6 is 0 Å². The molecule has 1 aliphatic rings. The van der Waals surface area contributed by atoms with Gasteiger partial charge in [0.15, 0.2) is 0 Å². The van der Waals surface area contributed by atoms with Gasteiger partial charge in [-0.2, -0.15) is 0 Å². The zero-order chi connectivity index (χ0) is 12.1. The number of hydrogen-bond donors (Lipinski definition) is 1. The van der Waals surface area contributed by atoms with E-state index in [2.05, 4.69) is 0 Å². The largest absolute Gasteiger partial charge is 0.481 e. The lowest BCUT2D eigenvalue weighted by molar-refractivity contribution is -0.160. The summed E-state index contributed by atoms with van der Waals surface area (Å²) in [6.07, 6.45) is 3.06. The first-order valence-corrected chi connectivity index (χ1v) is 5.91. The van der Waals surface area contributed by atoms with E-state index >= 15 is 0 Å². The van der Waals surface area contributed by atoms with E-state index in [0.29, 0.717) is 19.4 Å². The number of carboxylic acids is 1. The third kappa shape index (κ3) is 3.51. The molecule has 16 heavy (non-hydrogen) atoms. The summed E-state index contributed by atoms with van der Waals surface area (Å²) in [5, 5.41) is 9.03. The molecule has 0 unspecified atom stereocenters. The van der Waals surface area contributed by atoms with Gasteiger partial charge in [-0.3, -0.25) is 9.59 Å². The number of carboxylic acid groups (broad SMARTS) is 1. The van der Waals surface area contributed by atoms with Crippen LogP contribution in [0.5, 0.6) is 0 Å². The van der Waals surface area contributed by atoms with E-state index < -0.39 is 17.8 Å². The van der Waals surface area contributed by atoms with Crippen LogP contribution in [0.15, 0.2) is 0 Å². The highest BCUT2D eigenvalue weighted by Gasteiger charge is 2.36. The molecule has 0 radical (unpaired) electrons. The summed E-state index contributed by atoms with van der Waals surface area (Å²) >= 11 is 0. The van der Waals surface area contributed by atoms with Gasteiger partial charge in [0.25, 0.3) is 0 Å². The Bertz CT molecular complexity index is 260. The number of carbonyl (C=O) groups is 2. The molecule has 0 amide bonds. The van der Waals surface area contributed by atoms with Gasteiger partial charge in [0.05, 0.1) is 18.4 Å². The van der Waals surface area contributed by atoms with E-state index in [1.54, 1.807) is 0 Å². The Hall–Kier alpha value is -1.06. The van der Waals surface area contributed by atoms with Gasteiger partial charge in [0, 0.05) is 0 Å². The van der Waals surface area contributed by atoms with E-state index in [4.69, 9.17) is 9.84 Å². The second-order valence-electron chi connectivity index (χ2n) is 4.86. The highest BCUT2D eigenvalue weighted by Crippen LogP contribution is 2.31. The zero-order valence-corrected chi connectivity index (χ0v) is 9.94. The van der Waals surface area contributed by atoms with Crippen LogP contribution in [0.25, 0.3) is 0 Å². The standard InChI is InChI=1S/C12H20O4/c1-8(2)7-16-12(15)10-6-4-3-5-9(10)11(13)14/h8-10H,3-7H2,1-2H3,(H,13,14)/t9-,10+/m0/s1. The summed E-state index contributed by atoms with van der Waals surface area (Å²) in [6, 6.07) is 0. The van der Waals surface area contributed by atoms with E-state index in [0.717, 1.165) is 12.8 Å². The highest BCUT2D eigenvalue weighted by atomic mass is 16.5. The summed E-state index contributed by atoms with van der Waals surface area (Å²) in [5.41, 5.74) is 0. The molecule has 0 bridgehead atoms. The van der Waals surface area contributed by atoms with Gasteiger partial charge in [-0.25, -0.2) is 0 Å². The van der Waals surface area contributed by atoms with Crippen molar-refractivity contribution in [1.29, 1.82) is 0 Å². The monoisotopic (exact) mass is 228 g/mol. The van der Waals surface area contributed by atoms with Crippen molar-refractivity contribution >= 4 is 11.9 Å². The smallest absolute Gasteiger partial charge is 0.309 e. The molecule has 0 spiro atoms. The van der Waals surface area contributed by atoms with Crippen LogP contribution in [0.1, 0.15) is 39.5 Å². The second kappa shape index (κ2) is 5.87. The maximum Gasteiger partial charge on any atom is 0.309 e.